The Morgan fingerprint density at radius 3 is 1.97 bits per heavy atom. The largest absolute Gasteiger partial charge is 0.147 e. The van der Waals surface area contributed by atoms with Gasteiger partial charge in [-0.1, -0.05) is 0 Å². The van der Waals surface area contributed by atoms with Gasteiger partial charge in [-0.25, -0.2) is 0 Å². The summed E-state index contributed by atoms with van der Waals surface area (Å²) in [5, 5.41) is 5.37. The molecule has 166 valence electrons. The van der Waals surface area contributed by atoms with Crippen LogP contribution in [0, 0.1) is 5.92 Å². The predicted molar refractivity (Wildman–Crippen MR) is 143 cm³/mol. The van der Waals surface area contributed by atoms with Crippen molar-refractivity contribution in [3.05, 3.63) is 85.8 Å². The van der Waals surface area contributed by atoms with Crippen molar-refractivity contribution >= 4 is 38.5 Å². The quantitative estimate of drug-likeness (QED) is 0.367. The van der Waals surface area contributed by atoms with Crippen LogP contribution in [0.5, 0.6) is 0 Å². The normalized spacial score (nSPS) is 20.8. The molecule has 2 atom stereocenters. The molecular weight excluding hydrogens is 471 g/mol. The molecule has 2 aliphatic rings. The standard InChI is InChI=1S/C16H13.C9H13.2CH3.2ClH.H2Si.Ti/c1-12-10-14-8-5-9-15(16(14)11-12)13-6-3-2-4-7-13;1-6-5-7(2)9(4)8(6)3;;;;;;/h2-11H,1H3;6H,1-4H3;2*1H3;2*1H;1H2;. The number of halogens is 2. The van der Waals surface area contributed by atoms with E-state index >= 15 is 0 Å². The first-order valence-corrected chi connectivity index (χ1v) is 19.7. The molecule has 31 heavy (non-hydrogen) atoms. The Hall–Kier alpha value is -0.829. The number of rotatable bonds is 3. The van der Waals surface area contributed by atoms with E-state index in [4.69, 9.17) is 0 Å². The number of hydrogen-bond donors (Lipinski definition) is 0. The third-order valence-corrected chi connectivity index (χ3v) is 19.2. The summed E-state index contributed by atoms with van der Waals surface area (Å²) in [5.41, 5.74) is 12.0. The van der Waals surface area contributed by atoms with Crippen LogP contribution in [0.1, 0.15) is 50.0 Å². The van der Waals surface area contributed by atoms with Crippen molar-refractivity contribution in [2.24, 2.45) is 5.92 Å². The molecule has 0 fully saturated rings. The SMILES string of the molecule is CC1=Cc2c(-c3ccccc3)cccc2[CH]1[Ti]([CH3])([CH3])(=[SiH2])[C]1=C(C)C(C)=C(C)C1C.Cl.Cl. The Morgan fingerprint density at radius 1 is 0.806 bits per heavy atom. The fraction of sp³-hybridized carbons (Fsp3) is 0.333. The van der Waals surface area contributed by atoms with Crippen molar-refractivity contribution in [1.82, 2.24) is 0 Å². The molecule has 0 saturated heterocycles. The summed E-state index contributed by atoms with van der Waals surface area (Å²) in [5.74, 6) is 0.591. The first kappa shape index (κ1) is 26.4. The van der Waals surface area contributed by atoms with Gasteiger partial charge in [0.1, 0.15) is 0 Å². The summed E-state index contributed by atoms with van der Waals surface area (Å²) in [6.07, 6.45) is 2.49. The first-order valence-electron chi connectivity index (χ1n) is 10.9. The van der Waals surface area contributed by atoms with Crippen molar-refractivity contribution in [3.8, 4) is 11.1 Å². The summed E-state index contributed by atoms with van der Waals surface area (Å²) in [4.78, 5) is 0. The zero-order chi connectivity index (χ0) is 21.2. The Bertz CT molecular complexity index is 1180. The molecule has 4 rings (SSSR count). The van der Waals surface area contributed by atoms with E-state index in [2.05, 4.69) is 107 Å². The third-order valence-electron chi connectivity index (χ3n) is 7.81. The Balaban J connectivity index is 0.00000171. The van der Waals surface area contributed by atoms with Crippen LogP contribution in [-0.2, 0) is 14.0 Å². The van der Waals surface area contributed by atoms with Crippen molar-refractivity contribution in [3.63, 3.8) is 0 Å². The van der Waals surface area contributed by atoms with Crippen LogP contribution in [0.15, 0.2) is 74.7 Å². The van der Waals surface area contributed by atoms with Gasteiger partial charge in [0, 0.05) is 0 Å². The second-order valence-electron chi connectivity index (χ2n) is 10.4. The van der Waals surface area contributed by atoms with Crippen LogP contribution < -0.4 is 0 Å². The summed E-state index contributed by atoms with van der Waals surface area (Å²) in [6, 6.07) is 17.9. The molecule has 2 aromatic carbocycles. The minimum absolute atomic E-state index is 0. The summed E-state index contributed by atoms with van der Waals surface area (Å²) in [7, 11) is 2.40. The van der Waals surface area contributed by atoms with Gasteiger partial charge in [-0.05, 0) is 0 Å². The maximum absolute atomic E-state index is 3.04. The van der Waals surface area contributed by atoms with Crippen LogP contribution in [-0.4, -0.2) is 7.63 Å². The van der Waals surface area contributed by atoms with Crippen molar-refractivity contribution in [1.29, 1.82) is 0 Å². The molecule has 0 radical (unpaired) electrons. The number of fused-ring (bicyclic) bond motifs is 1. The summed E-state index contributed by atoms with van der Waals surface area (Å²) < 4.78 is 2.39. The van der Waals surface area contributed by atoms with E-state index in [1.165, 1.54) is 22.3 Å². The van der Waals surface area contributed by atoms with E-state index in [0.29, 0.717) is 10.1 Å². The predicted octanol–water partition coefficient (Wildman–Crippen LogP) is 8.25. The molecule has 0 bridgehead atoms. The molecule has 4 heteroatoms. The molecule has 0 saturated carbocycles. The van der Waals surface area contributed by atoms with Gasteiger partial charge in [0.05, 0.1) is 0 Å². The maximum Gasteiger partial charge on any atom is -0.147 e. The van der Waals surface area contributed by atoms with Crippen molar-refractivity contribution in [2.75, 3.05) is 0 Å². The van der Waals surface area contributed by atoms with Gasteiger partial charge >= 0.3 is 180 Å². The second-order valence-corrected chi connectivity index (χ2v) is 29.9. The van der Waals surface area contributed by atoms with Gasteiger partial charge in [0.25, 0.3) is 0 Å². The summed E-state index contributed by atoms with van der Waals surface area (Å²) >= 11 is -3.04. The minimum Gasteiger partial charge on any atom is -0.147 e. The average molecular weight is 507 g/mol. The van der Waals surface area contributed by atoms with E-state index in [-0.39, 0.29) is 24.8 Å². The minimum atomic E-state index is -3.04. The van der Waals surface area contributed by atoms with Crippen molar-refractivity contribution in [2.45, 2.75) is 49.3 Å². The fourth-order valence-corrected chi connectivity index (χ4v) is 20.7. The van der Waals surface area contributed by atoms with Gasteiger partial charge in [-0.2, -0.15) is 0 Å². The molecule has 0 aromatic heterocycles. The molecule has 0 amide bonds. The van der Waals surface area contributed by atoms with Gasteiger partial charge in [0.2, 0.25) is 0 Å². The third kappa shape index (κ3) is 4.02. The molecule has 2 aliphatic carbocycles. The van der Waals surface area contributed by atoms with Crippen LogP contribution >= 0.6 is 24.8 Å². The Labute approximate surface area is 203 Å². The second kappa shape index (κ2) is 8.84. The number of benzene rings is 2. The monoisotopic (exact) mass is 506 g/mol. The first-order chi connectivity index (χ1) is 13.5. The van der Waals surface area contributed by atoms with Crippen LogP contribution in [0.4, 0.5) is 0 Å². The number of allylic oxidation sites excluding steroid dienone is 5. The molecule has 0 heterocycles. The smallest absolute Gasteiger partial charge is 0.147 e. The fourth-order valence-electron chi connectivity index (χ4n) is 6.50. The van der Waals surface area contributed by atoms with Crippen LogP contribution in [0.25, 0.3) is 17.2 Å². The van der Waals surface area contributed by atoms with Crippen LogP contribution in [0.3, 0.4) is 0 Å². The molecule has 0 nitrogen and oxygen atoms in total. The van der Waals surface area contributed by atoms with Crippen LogP contribution in [0.2, 0.25) is 10.5 Å². The van der Waals surface area contributed by atoms with Gasteiger partial charge in [-0.3, -0.25) is 0 Å². The van der Waals surface area contributed by atoms with Gasteiger partial charge in [0.15, 0.2) is 0 Å². The summed E-state index contributed by atoms with van der Waals surface area (Å²) in [6.45, 7) is 11.9. The molecular formula is C27H36Cl2SiTi. The average Bonchev–Trinajstić information content (AvgIpc) is 3.12. The Kier molecular flexibility index (Phi) is 7.54. The van der Waals surface area contributed by atoms with E-state index in [0.717, 1.165) is 0 Å². The molecule has 0 aliphatic heterocycles. The zero-order valence-electron chi connectivity index (χ0n) is 19.9. The zero-order valence-corrected chi connectivity index (χ0v) is 24.5. The van der Waals surface area contributed by atoms with Crippen molar-refractivity contribution < 1.29 is 14.0 Å². The van der Waals surface area contributed by atoms with E-state index < -0.39 is 14.0 Å². The maximum atomic E-state index is 2.68. The van der Waals surface area contributed by atoms with E-state index in [9.17, 15) is 0 Å². The van der Waals surface area contributed by atoms with E-state index in [1.54, 1.807) is 22.3 Å². The molecule has 2 unspecified atom stereocenters. The number of hydrogen-bond acceptors (Lipinski definition) is 0. The molecule has 2 aromatic rings. The van der Waals surface area contributed by atoms with Gasteiger partial charge < -0.3 is 0 Å². The Morgan fingerprint density at radius 2 is 1.42 bits per heavy atom. The molecule has 0 N–H and O–H groups in total. The topological polar surface area (TPSA) is 0 Å². The van der Waals surface area contributed by atoms with Gasteiger partial charge in [-0.15, -0.1) is 24.8 Å². The van der Waals surface area contributed by atoms with E-state index in [1.807, 2.05) is 3.88 Å². The molecule has 0 spiro atoms.